The molecule has 0 aromatic heterocycles. The minimum absolute atomic E-state index is 0.0857. The summed E-state index contributed by atoms with van der Waals surface area (Å²) in [6.45, 7) is -3.14. The molecule has 0 aliphatic heterocycles. The van der Waals surface area contributed by atoms with Crippen LogP contribution < -0.4 is 4.74 Å². The zero-order valence-electron chi connectivity index (χ0n) is 8.28. The van der Waals surface area contributed by atoms with Crippen molar-refractivity contribution in [3.05, 3.63) is 28.8 Å². The van der Waals surface area contributed by atoms with Gasteiger partial charge >= 0.3 is 12.6 Å². The topological polar surface area (TPSA) is 70.3 Å². The van der Waals surface area contributed by atoms with E-state index in [9.17, 15) is 13.6 Å². The van der Waals surface area contributed by atoms with E-state index in [2.05, 4.69) is 20.7 Å². The zero-order valence-corrected chi connectivity index (χ0v) is 9.87. The van der Waals surface area contributed by atoms with Crippen molar-refractivity contribution in [2.45, 2.75) is 11.9 Å². The highest BCUT2D eigenvalue weighted by molar-refractivity contribution is 9.08. The first-order chi connectivity index (χ1) is 7.99. The molecule has 17 heavy (non-hydrogen) atoms. The Morgan fingerprint density at radius 3 is 2.65 bits per heavy atom. The van der Waals surface area contributed by atoms with Crippen LogP contribution in [-0.2, 0) is 5.33 Å². The highest BCUT2D eigenvalue weighted by atomic mass is 79.9. The number of aromatic carboxylic acids is 1. The monoisotopic (exact) mass is 305 g/mol. The number of benzene rings is 1. The Labute approximate surface area is 104 Å². The number of halogens is 3. The van der Waals surface area contributed by atoms with Crippen molar-refractivity contribution in [2.75, 3.05) is 0 Å². The van der Waals surface area contributed by atoms with Gasteiger partial charge in [-0.2, -0.15) is 14.0 Å². The molecule has 1 N–H and O–H groups in total. The van der Waals surface area contributed by atoms with Gasteiger partial charge in [0.2, 0.25) is 0 Å². The Kier molecular flexibility index (Phi) is 4.40. The van der Waals surface area contributed by atoms with Crippen LogP contribution in [0.4, 0.5) is 8.78 Å². The summed E-state index contributed by atoms with van der Waals surface area (Å²) in [4.78, 5) is 10.8. The van der Waals surface area contributed by atoms with Gasteiger partial charge in [-0.15, -0.1) is 0 Å². The Hall–Kier alpha value is -1.68. The minimum Gasteiger partial charge on any atom is -0.478 e. The minimum atomic E-state index is -3.14. The van der Waals surface area contributed by atoms with Crippen LogP contribution in [-0.4, -0.2) is 17.7 Å². The quantitative estimate of drug-likeness (QED) is 0.868. The fraction of sp³-hybridized carbons (Fsp3) is 0.200. The van der Waals surface area contributed by atoms with E-state index in [4.69, 9.17) is 10.4 Å². The highest BCUT2D eigenvalue weighted by Crippen LogP contribution is 2.26. The molecular formula is C10H6BrF2NO3. The van der Waals surface area contributed by atoms with Crippen LogP contribution in [0.3, 0.4) is 0 Å². The SMILES string of the molecule is N#Cc1cc(OC(F)F)c(C(=O)O)cc1CBr. The van der Waals surface area contributed by atoms with Crippen LogP contribution in [0, 0.1) is 11.3 Å². The van der Waals surface area contributed by atoms with Gasteiger partial charge in [0.1, 0.15) is 11.3 Å². The average molecular weight is 306 g/mol. The first-order valence-electron chi connectivity index (χ1n) is 4.30. The van der Waals surface area contributed by atoms with Crippen molar-refractivity contribution < 1.29 is 23.4 Å². The molecular weight excluding hydrogens is 300 g/mol. The van der Waals surface area contributed by atoms with E-state index in [1.807, 2.05) is 0 Å². The number of alkyl halides is 3. The average Bonchev–Trinajstić information content (AvgIpc) is 2.27. The normalized spacial score (nSPS) is 10.1. The third-order valence-corrected chi connectivity index (χ3v) is 2.52. The number of hydrogen-bond acceptors (Lipinski definition) is 3. The maximum atomic E-state index is 12.1. The number of nitriles is 1. The van der Waals surface area contributed by atoms with Crippen molar-refractivity contribution in [3.63, 3.8) is 0 Å². The maximum Gasteiger partial charge on any atom is 0.387 e. The molecule has 0 heterocycles. The molecule has 90 valence electrons. The second-order valence-electron chi connectivity index (χ2n) is 2.93. The Bertz CT molecular complexity index is 485. The Morgan fingerprint density at radius 1 is 1.59 bits per heavy atom. The number of carbonyl (C=O) groups is 1. The molecule has 0 saturated heterocycles. The van der Waals surface area contributed by atoms with Gasteiger partial charge in [0.25, 0.3) is 0 Å². The first-order valence-corrected chi connectivity index (χ1v) is 5.42. The van der Waals surface area contributed by atoms with Gasteiger partial charge in [0, 0.05) is 5.33 Å². The van der Waals surface area contributed by atoms with Gasteiger partial charge in [-0.1, -0.05) is 15.9 Å². The molecule has 1 aromatic rings. The highest BCUT2D eigenvalue weighted by Gasteiger charge is 2.18. The molecule has 1 aromatic carbocycles. The number of hydrogen-bond donors (Lipinski definition) is 1. The molecule has 4 nitrogen and oxygen atoms in total. The smallest absolute Gasteiger partial charge is 0.387 e. The van der Waals surface area contributed by atoms with E-state index in [-0.39, 0.29) is 10.9 Å². The van der Waals surface area contributed by atoms with E-state index in [0.717, 1.165) is 12.1 Å². The molecule has 0 fully saturated rings. The molecule has 0 aliphatic rings. The van der Waals surface area contributed by atoms with Crippen LogP contribution in [0.1, 0.15) is 21.5 Å². The van der Waals surface area contributed by atoms with Crippen molar-refractivity contribution in [1.29, 1.82) is 5.26 Å². The third kappa shape index (κ3) is 3.14. The summed E-state index contributed by atoms with van der Waals surface area (Å²) in [5.41, 5.74) is 0.0767. The summed E-state index contributed by atoms with van der Waals surface area (Å²) in [5, 5.41) is 17.9. The fourth-order valence-corrected chi connectivity index (χ4v) is 1.66. The summed E-state index contributed by atoms with van der Waals surface area (Å²) in [5.74, 6) is -1.92. The lowest BCUT2D eigenvalue weighted by molar-refractivity contribution is -0.0503. The standard InChI is InChI=1S/C10H6BrF2NO3/c11-3-5-1-7(9(15)16)8(17-10(12)13)2-6(5)4-14/h1-2,10H,3H2,(H,15,16). The van der Waals surface area contributed by atoms with Gasteiger partial charge in [0.05, 0.1) is 11.6 Å². The molecule has 7 heteroatoms. The van der Waals surface area contributed by atoms with Crippen molar-refractivity contribution in [2.24, 2.45) is 0 Å². The zero-order chi connectivity index (χ0) is 13.0. The largest absolute Gasteiger partial charge is 0.478 e. The van der Waals surface area contributed by atoms with Crippen molar-refractivity contribution >= 4 is 21.9 Å². The summed E-state index contributed by atoms with van der Waals surface area (Å²) in [7, 11) is 0. The van der Waals surface area contributed by atoms with Crippen LogP contribution >= 0.6 is 15.9 Å². The number of carboxylic acid groups (broad SMARTS) is 1. The van der Waals surface area contributed by atoms with E-state index in [1.165, 1.54) is 0 Å². The third-order valence-electron chi connectivity index (χ3n) is 1.92. The van der Waals surface area contributed by atoms with Crippen molar-refractivity contribution in [1.82, 2.24) is 0 Å². The number of ether oxygens (including phenoxy) is 1. The molecule has 0 amide bonds. The van der Waals surface area contributed by atoms with Gasteiger partial charge in [-0.25, -0.2) is 4.79 Å². The molecule has 0 unspecified atom stereocenters. The first kappa shape index (κ1) is 13.4. The Morgan fingerprint density at radius 2 is 2.24 bits per heavy atom. The lowest BCUT2D eigenvalue weighted by atomic mass is 10.0. The van der Waals surface area contributed by atoms with Gasteiger partial charge in [0.15, 0.2) is 0 Å². The molecule has 0 bridgehead atoms. The predicted octanol–water partition coefficient (Wildman–Crippen LogP) is 2.75. The second-order valence-corrected chi connectivity index (χ2v) is 3.50. The predicted molar refractivity (Wildman–Crippen MR) is 57.4 cm³/mol. The number of nitrogens with zero attached hydrogens (tertiary/aromatic N) is 1. The van der Waals surface area contributed by atoms with Crippen LogP contribution in [0.25, 0.3) is 0 Å². The molecule has 0 spiro atoms. The van der Waals surface area contributed by atoms with E-state index in [1.54, 1.807) is 6.07 Å². The van der Waals surface area contributed by atoms with Crippen LogP contribution in [0.5, 0.6) is 5.75 Å². The van der Waals surface area contributed by atoms with Crippen LogP contribution in [0.2, 0.25) is 0 Å². The summed E-state index contributed by atoms with van der Waals surface area (Å²) >= 11 is 3.07. The van der Waals surface area contributed by atoms with Crippen LogP contribution in [0.15, 0.2) is 12.1 Å². The van der Waals surface area contributed by atoms with E-state index < -0.39 is 23.9 Å². The molecule has 0 aliphatic carbocycles. The van der Waals surface area contributed by atoms with Crippen molar-refractivity contribution in [3.8, 4) is 11.8 Å². The lowest BCUT2D eigenvalue weighted by Crippen LogP contribution is -2.09. The van der Waals surface area contributed by atoms with Gasteiger partial charge in [-0.05, 0) is 17.7 Å². The summed E-state index contributed by atoms with van der Waals surface area (Å²) in [6.07, 6.45) is 0. The summed E-state index contributed by atoms with van der Waals surface area (Å²) < 4.78 is 28.2. The fourth-order valence-electron chi connectivity index (χ4n) is 1.20. The molecule has 1 rings (SSSR count). The van der Waals surface area contributed by atoms with E-state index >= 15 is 0 Å². The molecule has 0 atom stereocenters. The van der Waals surface area contributed by atoms with Gasteiger partial charge < -0.3 is 9.84 Å². The number of rotatable bonds is 4. The Balaban J connectivity index is 3.36. The van der Waals surface area contributed by atoms with E-state index in [0.29, 0.717) is 5.56 Å². The second kappa shape index (κ2) is 5.59. The summed E-state index contributed by atoms with van der Waals surface area (Å²) in [6, 6.07) is 3.90. The maximum absolute atomic E-state index is 12.1. The molecule has 0 radical (unpaired) electrons. The van der Waals surface area contributed by atoms with Gasteiger partial charge in [-0.3, -0.25) is 0 Å². The number of carboxylic acids is 1. The molecule has 0 saturated carbocycles. The lowest BCUT2D eigenvalue weighted by Gasteiger charge is -2.10.